The summed E-state index contributed by atoms with van der Waals surface area (Å²) in [5.41, 5.74) is 1.19. The number of rotatable bonds is 5. The topological polar surface area (TPSA) is 61.8 Å². The second-order valence-corrected chi connectivity index (χ2v) is 7.68. The number of carbonyl (C=O) groups is 1. The average Bonchev–Trinajstić information content (AvgIpc) is 2.74. The summed E-state index contributed by atoms with van der Waals surface area (Å²) in [6, 6.07) is 14.0. The van der Waals surface area contributed by atoms with Crippen LogP contribution in [0.3, 0.4) is 0 Å². The lowest BCUT2D eigenvalue weighted by Gasteiger charge is -2.32. The highest BCUT2D eigenvalue weighted by Gasteiger charge is 2.32. The highest BCUT2D eigenvalue weighted by Crippen LogP contribution is 2.30. The molecule has 158 valence electrons. The van der Waals surface area contributed by atoms with Crippen molar-refractivity contribution in [2.75, 3.05) is 31.5 Å². The third-order valence-corrected chi connectivity index (χ3v) is 5.60. The molecular weight excluding hydrogens is 393 g/mol. The molecule has 1 saturated heterocycles. The van der Waals surface area contributed by atoms with Crippen LogP contribution in [0.1, 0.15) is 23.6 Å². The van der Waals surface area contributed by atoms with Crippen LogP contribution in [0, 0.1) is 11.3 Å². The van der Waals surface area contributed by atoms with Gasteiger partial charge in [-0.25, -0.2) is 0 Å². The van der Waals surface area contributed by atoms with Crippen LogP contribution in [0.2, 0.25) is 0 Å². The van der Waals surface area contributed by atoms with Crippen molar-refractivity contribution in [1.29, 1.82) is 5.26 Å². The van der Waals surface area contributed by atoms with Crippen molar-refractivity contribution in [3.8, 4) is 6.07 Å². The van der Waals surface area contributed by atoms with E-state index in [4.69, 9.17) is 5.26 Å². The number of amides is 1. The Bertz CT molecular complexity index is 913. The van der Waals surface area contributed by atoms with E-state index in [9.17, 15) is 18.0 Å². The maximum Gasteiger partial charge on any atom is 0.416 e. The van der Waals surface area contributed by atoms with Gasteiger partial charge in [0, 0.05) is 11.3 Å². The number of hydrogen-bond donors (Lipinski definition) is 3. The molecule has 1 heterocycles. The van der Waals surface area contributed by atoms with Crippen molar-refractivity contribution in [1.82, 2.24) is 0 Å². The van der Waals surface area contributed by atoms with E-state index >= 15 is 0 Å². The predicted molar refractivity (Wildman–Crippen MR) is 106 cm³/mol. The first-order valence-corrected chi connectivity index (χ1v) is 9.91. The van der Waals surface area contributed by atoms with E-state index in [1.54, 1.807) is 0 Å². The Hall–Kier alpha value is -2.89. The first-order valence-electron chi connectivity index (χ1n) is 9.91. The van der Waals surface area contributed by atoms with E-state index in [0.29, 0.717) is 5.56 Å². The molecular formula is C22H25F3N4O+2. The van der Waals surface area contributed by atoms with Crippen LogP contribution in [-0.2, 0) is 17.5 Å². The number of hydrogen-bond acceptors (Lipinski definition) is 2. The number of piperazine rings is 1. The molecule has 8 heteroatoms. The Morgan fingerprint density at radius 3 is 2.40 bits per heavy atom. The summed E-state index contributed by atoms with van der Waals surface area (Å²) in [7, 11) is 0. The second-order valence-electron chi connectivity index (χ2n) is 7.68. The maximum atomic E-state index is 12.9. The van der Waals surface area contributed by atoms with Crippen LogP contribution >= 0.6 is 0 Å². The van der Waals surface area contributed by atoms with Gasteiger partial charge in [0.15, 0.2) is 6.04 Å². The normalized spacial score (nSPS) is 20.2. The first-order chi connectivity index (χ1) is 14.3. The van der Waals surface area contributed by atoms with Crippen molar-refractivity contribution in [2.24, 2.45) is 0 Å². The van der Waals surface area contributed by atoms with Crippen molar-refractivity contribution in [3.05, 3.63) is 65.2 Å². The number of quaternary nitrogens is 2. The lowest BCUT2D eigenvalue weighted by molar-refractivity contribution is -1.02. The molecule has 1 fully saturated rings. The number of halogens is 3. The Kier molecular flexibility index (Phi) is 6.75. The number of carbonyl (C=O) groups excluding carboxylic acids is 1. The molecule has 30 heavy (non-hydrogen) atoms. The van der Waals surface area contributed by atoms with Crippen molar-refractivity contribution in [3.63, 3.8) is 0 Å². The Morgan fingerprint density at radius 1 is 1.13 bits per heavy atom. The Balaban J connectivity index is 1.51. The molecule has 1 aliphatic heterocycles. The molecule has 1 aliphatic rings. The monoisotopic (exact) mass is 418 g/mol. The number of alkyl halides is 3. The minimum absolute atomic E-state index is 0.158. The number of nitrogens with one attached hydrogen (secondary N) is 3. The van der Waals surface area contributed by atoms with Crippen LogP contribution < -0.4 is 15.1 Å². The van der Waals surface area contributed by atoms with Gasteiger partial charge in [0.2, 0.25) is 0 Å². The lowest BCUT2D eigenvalue weighted by atomic mass is 10.1. The highest BCUT2D eigenvalue weighted by molar-refractivity contribution is 5.93. The van der Waals surface area contributed by atoms with E-state index in [1.165, 1.54) is 22.6 Å². The van der Waals surface area contributed by atoms with Crippen LogP contribution in [0.15, 0.2) is 48.5 Å². The van der Waals surface area contributed by atoms with Crippen LogP contribution in [0.5, 0.6) is 0 Å². The SMILES string of the molecule is C[C@@H](C(=O)Nc1cccc(C(F)(F)F)c1)[NH+]1CC[NH+](Cc2ccc(C#N)cc2)CC1. The van der Waals surface area contributed by atoms with E-state index in [2.05, 4.69) is 11.4 Å². The van der Waals surface area contributed by atoms with Crippen molar-refractivity contribution >= 4 is 11.6 Å². The molecule has 1 atom stereocenters. The fourth-order valence-electron chi connectivity index (χ4n) is 3.73. The molecule has 0 unspecified atom stereocenters. The van der Waals surface area contributed by atoms with E-state index < -0.39 is 11.7 Å². The zero-order chi connectivity index (χ0) is 21.7. The third kappa shape index (κ3) is 5.59. The van der Waals surface area contributed by atoms with Gasteiger partial charge in [0.25, 0.3) is 5.91 Å². The Labute approximate surface area is 173 Å². The molecule has 0 bridgehead atoms. The third-order valence-electron chi connectivity index (χ3n) is 5.60. The minimum Gasteiger partial charge on any atom is -0.322 e. The number of nitriles is 1. The quantitative estimate of drug-likeness (QED) is 0.676. The van der Waals surface area contributed by atoms with Gasteiger partial charge in [-0.05, 0) is 37.3 Å². The standard InChI is InChI=1S/C22H23F3N4O/c1-16(21(30)27-20-4-2-3-19(13-20)22(23,24)25)29-11-9-28(10-12-29)15-18-7-5-17(14-26)6-8-18/h2-8,13,16H,9-12,15H2,1H3,(H,27,30)/p+2/t16-/m0/s1. The molecule has 0 radical (unpaired) electrons. The average molecular weight is 418 g/mol. The fraction of sp³-hybridized carbons (Fsp3) is 0.364. The van der Waals surface area contributed by atoms with Crippen molar-refractivity contribution in [2.45, 2.75) is 25.7 Å². The van der Waals surface area contributed by atoms with E-state index in [-0.39, 0.29) is 17.6 Å². The number of anilines is 1. The van der Waals surface area contributed by atoms with Gasteiger partial charge in [0.1, 0.15) is 32.7 Å². The van der Waals surface area contributed by atoms with Crippen LogP contribution in [0.25, 0.3) is 0 Å². The smallest absolute Gasteiger partial charge is 0.322 e. The van der Waals surface area contributed by atoms with Gasteiger partial charge in [-0.15, -0.1) is 0 Å². The summed E-state index contributed by atoms with van der Waals surface area (Å²) >= 11 is 0. The van der Waals surface area contributed by atoms with Gasteiger partial charge >= 0.3 is 6.18 Å². The van der Waals surface area contributed by atoms with Gasteiger partial charge in [0.05, 0.1) is 17.2 Å². The van der Waals surface area contributed by atoms with E-state index in [0.717, 1.165) is 49.8 Å². The van der Waals surface area contributed by atoms with Gasteiger partial charge < -0.3 is 15.1 Å². The van der Waals surface area contributed by atoms with Gasteiger partial charge in [-0.3, -0.25) is 4.79 Å². The van der Waals surface area contributed by atoms with Crippen LogP contribution in [-0.4, -0.2) is 38.1 Å². The summed E-state index contributed by atoms with van der Waals surface area (Å²) in [5, 5.41) is 11.5. The van der Waals surface area contributed by atoms with Crippen LogP contribution in [0.4, 0.5) is 18.9 Å². The molecule has 3 N–H and O–H groups in total. The second kappa shape index (κ2) is 9.28. The maximum absolute atomic E-state index is 12.9. The molecule has 5 nitrogen and oxygen atoms in total. The molecule has 2 aromatic carbocycles. The van der Waals surface area contributed by atoms with Gasteiger partial charge in [-0.1, -0.05) is 18.2 Å². The predicted octanol–water partition coefficient (Wildman–Crippen LogP) is 0.888. The fourth-order valence-corrected chi connectivity index (χ4v) is 3.73. The first kappa shape index (κ1) is 21.8. The molecule has 0 saturated carbocycles. The minimum atomic E-state index is -4.44. The molecule has 3 rings (SSSR count). The highest BCUT2D eigenvalue weighted by atomic mass is 19.4. The molecule has 2 aromatic rings. The summed E-state index contributed by atoms with van der Waals surface area (Å²) < 4.78 is 38.6. The number of benzene rings is 2. The lowest BCUT2D eigenvalue weighted by Crippen LogP contribution is -3.29. The summed E-state index contributed by atoms with van der Waals surface area (Å²) in [4.78, 5) is 15.1. The molecule has 0 aliphatic carbocycles. The summed E-state index contributed by atoms with van der Waals surface area (Å²) in [6.07, 6.45) is -4.44. The summed E-state index contributed by atoms with van der Waals surface area (Å²) in [5.74, 6) is -0.278. The zero-order valence-electron chi connectivity index (χ0n) is 16.7. The van der Waals surface area contributed by atoms with E-state index in [1.807, 2.05) is 31.2 Å². The Morgan fingerprint density at radius 2 is 1.80 bits per heavy atom. The van der Waals surface area contributed by atoms with Gasteiger partial charge in [-0.2, -0.15) is 18.4 Å². The molecule has 0 aromatic heterocycles. The zero-order valence-corrected chi connectivity index (χ0v) is 16.7. The number of nitrogens with zero attached hydrogens (tertiary/aromatic N) is 1. The molecule has 0 spiro atoms. The largest absolute Gasteiger partial charge is 0.416 e. The molecule has 1 amide bonds. The summed E-state index contributed by atoms with van der Waals surface area (Å²) in [6.45, 7) is 6.09. The van der Waals surface area contributed by atoms with Crippen molar-refractivity contribution < 1.29 is 27.8 Å².